The summed E-state index contributed by atoms with van der Waals surface area (Å²) in [5, 5.41) is 0. The Balaban J connectivity index is 2.93. The van der Waals surface area contributed by atoms with Crippen LogP contribution in [-0.2, 0) is 0 Å². The van der Waals surface area contributed by atoms with Crippen LogP contribution in [0, 0.1) is 0 Å². The van der Waals surface area contributed by atoms with Gasteiger partial charge in [0.15, 0.2) is 0 Å². The maximum atomic E-state index is 11.8. The van der Waals surface area contributed by atoms with Crippen LogP contribution in [0.5, 0.6) is 0 Å². The third-order valence-corrected chi connectivity index (χ3v) is 4.98. The Labute approximate surface area is 88.9 Å². The van der Waals surface area contributed by atoms with Crippen molar-refractivity contribution in [1.29, 1.82) is 0 Å². The number of hydrogen-bond acceptors (Lipinski definition) is 1. The van der Waals surface area contributed by atoms with Crippen LogP contribution in [0.1, 0.15) is 24.2 Å². The summed E-state index contributed by atoms with van der Waals surface area (Å²) >= 11 is -0.181. The molecular formula is C10H11ClOSe. The predicted molar refractivity (Wildman–Crippen MR) is 56.4 cm³/mol. The number of benzene rings is 1. The van der Waals surface area contributed by atoms with E-state index in [1.165, 1.54) is 0 Å². The minimum atomic E-state index is -0.407. The van der Waals surface area contributed by atoms with E-state index in [4.69, 9.17) is 10.1 Å². The van der Waals surface area contributed by atoms with Gasteiger partial charge in [-0.25, -0.2) is 0 Å². The summed E-state index contributed by atoms with van der Waals surface area (Å²) in [6.45, 7) is 3.77. The van der Waals surface area contributed by atoms with Crippen LogP contribution < -0.4 is 0 Å². The van der Waals surface area contributed by atoms with Gasteiger partial charge in [0.05, 0.1) is 0 Å². The van der Waals surface area contributed by atoms with Crippen molar-refractivity contribution in [3.63, 3.8) is 0 Å². The van der Waals surface area contributed by atoms with Gasteiger partial charge in [0.2, 0.25) is 0 Å². The molecule has 0 aliphatic rings. The van der Waals surface area contributed by atoms with Crippen molar-refractivity contribution in [1.82, 2.24) is 0 Å². The number of ketones is 1. The molecule has 70 valence electrons. The zero-order valence-electron chi connectivity index (χ0n) is 7.58. The van der Waals surface area contributed by atoms with Crippen LogP contribution in [-0.4, -0.2) is 19.8 Å². The second kappa shape index (κ2) is 4.28. The molecule has 1 aromatic carbocycles. The molecule has 0 heterocycles. The van der Waals surface area contributed by atoms with Gasteiger partial charge in [-0.3, -0.25) is 0 Å². The molecule has 1 aromatic rings. The Bertz CT molecular complexity index is 295. The molecule has 0 aromatic heterocycles. The first-order valence-corrected chi connectivity index (χ1v) is 7.08. The van der Waals surface area contributed by atoms with E-state index in [1.54, 1.807) is 0 Å². The Hall–Kier alpha value is -0.301. The maximum absolute atomic E-state index is 11.8. The third-order valence-electron chi connectivity index (χ3n) is 1.78. The van der Waals surface area contributed by atoms with Gasteiger partial charge in [0.25, 0.3) is 0 Å². The first kappa shape index (κ1) is 10.8. The molecule has 13 heavy (non-hydrogen) atoms. The van der Waals surface area contributed by atoms with E-state index >= 15 is 0 Å². The first-order valence-electron chi connectivity index (χ1n) is 3.97. The number of halogens is 1. The number of carbonyl (C=O) groups is 1. The van der Waals surface area contributed by atoms with E-state index in [-0.39, 0.29) is 19.8 Å². The molecule has 3 heteroatoms. The van der Waals surface area contributed by atoms with E-state index in [0.717, 1.165) is 5.56 Å². The summed E-state index contributed by atoms with van der Waals surface area (Å²) in [7, 11) is 5.78. The quantitative estimate of drug-likeness (QED) is 0.604. The molecule has 1 rings (SSSR count). The number of Topliss-reactive ketones (excluding diaryl/α,β-unsaturated/α-hetero) is 1. The Morgan fingerprint density at radius 1 is 1.31 bits per heavy atom. The second-order valence-electron chi connectivity index (χ2n) is 3.28. The van der Waals surface area contributed by atoms with Crippen molar-refractivity contribution < 1.29 is 4.79 Å². The molecule has 0 radical (unpaired) electrons. The van der Waals surface area contributed by atoms with Gasteiger partial charge in [-0.2, -0.15) is 0 Å². The molecule has 0 saturated carbocycles. The van der Waals surface area contributed by atoms with E-state index in [9.17, 15) is 4.79 Å². The SMILES string of the molecule is CC(C)([Se]Cl)C(=O)c1ccccc1. The van der Waals surface area contributed by atoms with Gasteiger partial charge in [0.1, 0.15) is 0 Å². The Kier molecular flexibility index (Phi) is 3.54. The fraction of sp³-hybridized carbons (Fsp3) is 0.300. The minimum absolute atomic E-state index is 0.128. The van der Waals surface area contributed by atoms with Gasteiger partial charge >= 0.3 is 88.8 Å². The Morgan fingerprint density at radius 2 is 1.85 bits per heavy atom. The van der Waals surface area contributed by atoms with E-state index < -0.39 is 4.31 Å². The number of rotatable bonds is 3. The second-order valence-corrected chi connectivity index (χ2v) is 6.55. The van der Waals surface area contributed by atoms with E-state index in [0.29, 0.717) is 0 Å². The van der Waals surface area contributed by atoms with Crippen LogP contribution in [0.25, 0.3) is 0 Å². The van der Waals surface area contributed by atoms with Gasteiger partial charge in [-0.15, -0.1) is 0 Å². The molecule has 0 aliphatic heterocycles. The van der Waals surface area contributed by atoms with Crippen molar-refractivity contribution in [2.24, 2.45) is 0 Å². The summed E-state index contributed by atoms with van der Waals surface area (Å²) in [6, 6.07) is 9.28. The summed E-state index contributed by atoms with van der Waals surface area (Å²) in [6.07, 6.45) is 0. The number of hydrogen-bond donors (Lipinski definition) is 0. The molecule has 0 spiro atoms. The average Bonchev–Trinajstić information content (AvgIpc) is 2.18. The van der Waals surface area contributed by atoms with Crippen molar-refractivity contribution >= 4 is 29.9 Å². The summed E-state index contributed by atoms with van der Waals surface area (Å²) < 4.78 is -0.407. The third kappa shape index (κ3) is 2.57. The predicted octanol–water partition coefficient (Wildman–Crippen LogP) is 2.93. The summed E-state index contributed by atoms with van der Waals surface area (Å²) in [5.74, 6) is 0.128. The molecular weight excluding hydrogens is 251 g/mol. The van der Waals surface area contributed by atoms with Crippen molar-refractivity contribution in [3.8, 4) is 0 Å². The summed E-state index contributed by atoms with van der Waals surface area (Å²) in [4.78, 5) is 11.8. The fourth-order valence-electron chi connectivity index (χ4n) is 0.972. The standard InChI is InChI=1S/C10H11ClOSe/c1-10(2,13-11)9(12)8-6-4-3-5-7-8/h3-7H,1-2H3. The zero-order valence-corrected chi connectivity index (χ0v) is 10.1. The van der Waals surface area contributed by atoms with Crippen LogP contribution in [0.15, 0.2) is 30.3 Å². The summed E-state index contributed by atoms with van der Waals surface area (Å²) in [5.41, 5.74) is 0.745. The van der Waals surface area contributed by atoms with E-state index in [1.807, 2.05) is 44.2 Å². The van der Waals surface area contributed by atoms with Crippen LogP contribution in [0.3, 0.4) is 0 Å². The first-order chi connectivity index (χ1) is 6.08. The molecule has 1 nitrogen and oxygen atoms in total. The average molecular weight is 262 g/mol. The number of carbonyl (C=O) groups excluding carboxylic acids is 1. The molecule has 0 N–H and O–H groups in total. The molecule has 0 atom stereocenters. The van der Waals surface area contributed by atoms with Crippen LogP contribution in [0.4, 0.5) is 0 Å². The monoisotopic (exact) mass is 262 g/mol. The van der Waals surface area contributed by atoms with Gasteiger partial charge in [-0.1, -0.05) is 0 Å². The molecule has 0 saturated heterocycles. The molecule has 0 bridgehead atoms. The van der Waals surface area contributed by atoms with Crippen molar-refractivity contribution in [2.75, 3.05) is 0 Å². The molecule has 0 amide bonds. The van der Waals surface area contributed by atoms with Crippen molar-refractivity contribution in [2.45, 2.75) is 18.2 Å². The van der Waals surface area contributed by atoms with E-state index in [2.05, 4.69) is 0 Å². The van der Waals surface area contributed by atoms with Gasteiger partial charge in [0, 0.05) is 0 Å². The Morgan fingerprint density at radius 3 is 2.31 bits per heavy atom. The van der Waals surface area contributed by atoms with Gasteiger partial charge < -0.3 is 0 Å². The van der Waals surface area contributed by atoms with Gasteiger partial charge in [-0.05, 0) is 0 Å². The normalized spacial score (nSPS) is 11.3. The fourth-order valence-corrected chi connectivity index (χ4v) is 1.73. The molecule has 0 aliphatic carbocycles. The van der Waals surface area contributed by atoms with Crippen LogP contribution in [0.2, 0.25) is 4.31 Å². The van der Waals surface area contributed by atoms with Crippen LogP contribution >= 0.6 is 10.1 Å². The zero-order chi connectivity index (χ0) is 9.90. The van der Waals surface area contributed by atoms with Crippen molar-refractivity contribution in [3.05, 3.63) is 35.9 Å². The molecule has 0 unspecified atom stereocenters. The topological polar surface area (TPSA) is 17.1 Å². The molecule has 0 fully saturated rings.